The molecule has 4 heteroatoms. The molecule has 96 valence electrons. The Balaban J connectivity index is 2.16. The van der Waals surface area contributed by atoms with Crippen molar-refractivity contribution in [1.29, 1.82) is 0 Å². The maximum Gasteiger partial charge on any atom is 0.220 e. The van der Waals surface area contributed by atoms with Gasteiger partial charge in [-0.05, 0) is 37.1 Å². The molecule has 1 aromatic carbocycles. The maximum absolute atomic E-state index is 5.67. The first-order valence-corrected chi connectivity index (χ1v) is 6.20. The lowest BCUT2D eigenvalue weighted by Crippen LogP contribution is -1.98. The number of nitrogen functional groups attached to an aromatic ring is 1. The van der Waals surface area contributed by atoms with Crippen LogP contribution in [0.15, 0.2) is 42.6 Å². The number of pyridine rings is 1. The lowest BCUT2D eigenvalue weighted by atomic mass is 10.1. The maximum atomic E-state index is 5.67. The minimum Gasteiger partial charge on any atom is -0.368 e. The van der Waals surface area contributed by atoms with Crippen LogP contribution >= 0.6 is 0 Å². The average molecular weight is 260 g/mol. The summed E-state index contributed by atoms with van der Waals surface area (Å²) in [5.74, 6) is 6.46. The normalized spacial score (nSPS) is 10.1. The van der Waals surface area contributed by atoms with E-state index in [9.17, 15) is 0 Å². The molecule has 2 aromatic heterocycles. The van der Waals surface area contributed by atoms with Gasteiger partial charge in [0, 0.05) is 17.1 Å². The van der Waals surface area contributed by atoms with Crippen molar-refractivity contribution in [2.75, 3.05) is 5.73 Å². The SMILES string of the molecule is Cc1nc(N)nc2cccc(C#Cc3ccccn3)c12. The van der Waals surface area contributed by atoms with Gasteiger partial charge in [-0.15, -0.1) is 0 Å². The fourth-order valence-electron chi connectivity index (χ4n) is 2.06. The van der Waals surface area contributed by atoms with E-state index in [1.165, 1.54) is 0 Å². The third kappa shape index (κ3) is 2.29. The molecule has 20 heavy (non-hydrogen) atoms. The van der Waals surface area contributed by atoms with Crippen LogP contribution in [0.25, 0.3) is 10.9 Å². The van der Waals surface area contributed by atoms with Gasteiger partial charge in [0.2, 0.25) is 5.95 Å². The standard InChI is InChI=1S/C16H12N4/c1-11-15-12(8-9-13-6-2-3-10-18-13)5-4-7-14(15)20-16(17)19-11/h2-7,10H,1H3,(H2,17,19,20). The zero-order chi connectivity index (χ0) is 13.9. The van der Waals surface area contributed by atoms with Gasteiger partial charge in [0.15, 0.2) is 0 Å². The monoisotopic (exact) mass is 260 g/mol. The number of benzene rings is 1. The van der Waals surface area contributed by atoms with E-state index in [4.69, 9.17) is 5.73 Å². The lowest BCUT2D eigenvalue weighted by Gasteiger charge is -2.04. The van der Waals surface area contributed by atoms with E-state index in [1.54, 1.807) is 6.20 Å². The molecule has 3 aromatic rings. The molecule has 4 nitrogen and oxygen atoms in total. The van der Waals surface area contributed by atoms with Crippen molar-refractivity contribution in [3.05, 3.63) is 59.5 Å². The molecule has 0 aliphatic rings. The van der Waals surface area contributed by atoms with Crippen LogP contribution in [0.5, 0.6) is 0 Å². The summed E-state index contributed by atoms with van der Waals surface area (Å²) in [5, 5.41) is 0.935. The summed E-state index contributed by atoms with van der Waals surface area (Å²) in [7, 11) is 0. The molecule has 0 atom stereocenters. The lowest BCUT2D eigenvalue weighted by molar-refractivity contribution is 1.17. The van der Waals surface area contributed by atoms with E-state index in [2.05, 4.69) is 26.8 Å². The highest BCUT2D eigenvalue weighted by atomic mass is 15.0. The molecule has 2 N–H and O–H groups in total. The molecule has 0 amide bonds. The molecule has 0 aliphatic heterocycles. The number of anilines is 1. The molecule has 0 bridgehead atoms. The Bertz CT molecular complexity index is 829. The Morgan fingerprint density at radius 1 is 1.00 bits per heavy atom. The summed E-state index contributed by atoms with van der Waals surface area (Å²) in [4.78, 5) is 12.6. The molecule has 0 spiro atoms. The molecule has 3 rings (SSSR count). The van der Waals surface area contributed by atoms with Crippen molar-refractivity contribution < 1.29 is 0 Å². The van der Waals surface area contributed by atoms with Gasteiger partial charge in [-0.2, -0.15) is 0 Å². The molecule has 2 heterocycles. The van der Waals surface area contributed by atoms with Crippen LogP contribution in [0.1, 0.15) is 17.0 Å². The Morgan fingerprint density at radius 3 is 2.70 bits per heavy atom. The van der Waals surface area contributed by atoms with Gasteiger partial charge in [-0.1, -0.05) is 18.1 Å². The van der Waals surface area contributed by atoms with Crippen molar-refractivity contribution in [3.8, 4) is 11.8 Å². The first kappa shape index (κ1) is 12.1. The van der Waals surface area contributed by atoms with E-state index >= 15 is 0 Å². The average Bonchev–Trinajstić information content (AvgIpc) is 2.45. The predicted molar refractivity (Wildman–Crippen MR) is 78.9 cm³/mol. The molecular weight excluding hydrogens is 248 g/mol. The van der Waals surface area contributed by atoms with Crippen molar-refractivity contribution >= 4 is 16.9 Å². The highest BCUT2D eigenvalue weighted by Gasteiger charge is 2.05. The van der Waals surface area contributed by atoms with E-state index in [1.807, 2.05) is 43.3 Å². The number of nitrogens with zero attached hydrogens (tertiary/aromatic N) is 3. The molecule has 0 radical (unpaired) electrons. The number of aryl methyl sites for hydroxylation is 1. The fraction of sp³-hybridized carbons (Fsp3) is 0.0625. The van der Waals surface area contributed by atoms with Crippen molar-refractivity contribution in [2.45, 2.75) is 6.92 Å². The van der Waals surface area contributed by atoms with Crippen molar-refractivity contribution in [1.82, 2.24) is 15.0 Å². The molecule has 0 fully saturated rings. The predicted octanol–water partition coefficient (Wildman–Crippen LogP) is 2.32. The number of hydrogen-bond donors (Lipinski definition) is 1. The van der Waals surface area contributed by atoms with Gasteiger partial charge in [-0.25, -0.2) is 15.0 Å². The quantitative estimate of drug-likeness (QED) is 0.630. The Morgan fingerprint density at radius 2 is 1.90 bits per heavy atom. The van der Waals surface area contributed by atoms with Crippen molar-refractivity contribution in [2.24, 2.45) is 0 Å². The Labute approximate surface area is 116 Å². The second-order valence-electron chi connectivity index (χ2n) is 4.33. The largest absolute Gasteiger partial charge is 0.368 e. The second kappa shape index (κ2) is 4.98. The van der Waals surface area contributed by atoms with Crippen LogP contribution in [-0.2, 0) is 0 Å². The van der Waals surface area contributed by atoms with Gasteiger partial charge < -0.3 is 5.73 Å². The number of fused-ring (bicyclic) bond motifs is 1. The minimum absolute atomic E-state index is 0.282. The van der Waals surface area contributed by atoms with Crippen LogP contribution in [-0.4, -0.2) is 15.0 Å². The number of rotatable bonds is 0. The van der Waals surface area contributed by atoms with Gasteiger partial charge in [0.05, 0.1) is 11.2 Å². The van der Waals surface area contributed by atoms with Crippen LogP contribution in [0, 0.1) is 18.8 Å². The molecule has 0 unspecified atom stereocenters. The number of nitrogens with two attached hydrogens (primary N) is 1. The number of hydrogen-bond acceptors (Lipinski definition) is 4. The van der Waals surface area contributed by atoms with Gasteiger partial charge in [-0.3, -0.25) is 0 Å². The van der Waals surface area contributed by atoms with Crippen molar-refractivity contribution in [3.63, 3.8) is 0 Å². The first-order chi connectivity index (χ1) is 9.74. The Kier molecular flexibility index (Phi) is 3.02. The zero-order valence-corrected chi connectivity index (χ0v) is 11.0. The third-order valence-electron chi connectivity index (χ3n) is 2.91. The van der Waals surface area contributed by atoms with Gasteiger partial charge in [0.1, 0.15) is 5.69 Å². The number of aromatic nitrogens is 3. The summed E-state index contributed by atoms with van der Waals surface area (Å²) >= 11 is 0. The highest BCUT2D eigenvalue weighted by Crippen LogP contribution is 2.20. The van der Waals surface area contributed by atoms with E-state index in [-0.39, 0.29) is 5.95 Å². The third-order valence-corrected chi connectivity index (χ3v) is 2.91. The molecule has 0 saturated heterocycles. The van der Waals surface area contributed by atoms with Gasteiger partial charge in [0.25, 0.3) is 0 Å². The fourth-order valence-corrected chi connectivity index (χ4v) is 2.06. The van der Waals surface area contributed by atoms with E-state index < -0.39 is 0 Å². The van der Waals surface area contributed by atoms with E-state index in [0.717, 1.165) is 27.9 Å². The summed E-state index contributed by atoms with van der Waals surface area (Å²) in [5.41, 5.74) is 8.93. The molecule has 0 saturated carbocycles. The zero-order valence-electron chi connectivity index (χ0n) is 11.0. The molecular formula is C16H12N4. The van der Waals surface area contributed by atoms with Gasteiger partial charge >= 0.3 is 0 Å². The summed E-state index contributed by atoms with van der Waals surface area (Å²) < 4.78 is 0. The highest BCUT2D eigenvalue weighted by molar-refractivity contribution is 5.87. The second-order valence-corrected chi connectivity index (χ2v) is 4.33. The van der Waals surface area contributed by atoms with Crippen LogP contribution in [0.2, 0.25) is 0 Å². The summed E-state index contributed by atoms with van der Waals surface area (Å²) in [6, 6.07) is 11.4. The molecule has 0 aliphatic carbocycles. The topological polar surface area (TPSA) is 64.7 Å². The summed E-state index contributed by atoms with van der Waals surface area (Å²) in [6.07, 6.45) is 1.72. The summed E-state index contributed by atoms with van der Waals surface area (Å²) in [6.45, 7) is 1.91. The smallest absolute Gasteiger partial charge is 0.220 e. The van der Waals surface area contributed by atoms with E-state index in [0.29, 0.717) is 0 Å². The minimum atomic E-state index is 0.282. The van der Waals surface area contributed by atoms with Crippen LogP contribution in [0.3, 0.4) is 0 Å². The van der Waals surface area contributed by atoms with Crippen LogP contribution in [0.4, 0.5) is 5.95 Å². The van der Waals surface area contributed by atoms with Crippen LogP contribution < -0.4 is 5.73 Å². The first-order valence-electron chi connectivity index (χ1n) is 6.20. The Hall–Kier alpha value is -2.93.